The van der Waals surface area contributed by atoms with E-state index in [1.165, 1.54) is 0 Å². The van der Waals surface area contributed by atoms with Crippen LogP contribution in [0.2, 0.25) is 0 Å². The zero-order chi connectivity index (χ0) is 16.8. The number of aromatic nitrogens is 1. The molecule has 2 heterocycles. The number of nitrogens with zero attached hydrogens (tertiary/aromatic N) is 3. The number of hydrogen-bond donors (Lipinski definition) is 1. The number of likely N-dealkylation sites (N-methyl/N-ethyl adjacent to an activating group) is 1. The molecular formula is C19H22N4O. The minimum Gasteiger partial charge on any atom is -0.354 e. The molecule has 124 valence electrons. The number of carbonyl (C=O) groups is 1. The van der Waals surface area contributed by atoms with Gasteiger partial charge in [0.1, 0.15) is 5.82 Å². The van der Waals surface area contributed by atoms with Gasteiger partial charge in [-0.25, -0.2) is 4.98 Å². The summed E-state index contributed by atoms with van der Waals surface area (Å²) in [7, 11) is 2.13. The SMILES string of the molecule is CN1CCN(c2ccc(C(=O)NC=Cc3ccccc3)cn2)CC1. The largest absolute Gasteiger partial charge is 0.354 e. The van der Waals surface area contributed by atoms with Gasteiger partial charge < -0.3 is 15.1 Å². The van der Waals surface area contributed by atoms with Crippen LogP contribution >= 0.6 is 0 Å². The Morgan fingerprint density at radius 1 is 1.08 bits per heavy atom. The molecule has 0 aliphatic carbocycles. The predicted octanol–water partition coefficient (Wildman–Crippen LogP) is 2.23. The van der Waals surface area contributed by atoms with Crippen LogP contribution in [-0.4, -0.2) is 49.0 Å². The van der Waals surface area contributed by atoms with E-state index in [4.69, 9.17) is 0 Å². The first-order chi connectivity index (χ1) is 11.7. The highest BCUT2D eigenvalue weighted by Gasteiger charge is 2.15. The van der Waals surface area contributed by atoms with Gasteiger partial charge in [-0.15, -0.1) is 0 Å². The molecule has 1 saturated heterocycles. The molecule has 3 rings (SSSR count). The van der Waals surface area contributed by atoms with E-state index < -0.39 is 0 Å². The van der Waals surface area contributed by atoms with E-state index in [-0.39, 0.29) is 5.91 Å². The van der Waals surface area contributed by atoms with Crippen LogP contribution in [0.5, 0.6) is 0 Å². The number of piperazine rings is 1. The van der Waals surface area contributed by atoms with Crippen molar-refractivity contribution in [3.8, 4) is 0 Å². The van der Waals surface area contributed by atoms with Crippen molar-refractivity contribution in [2.45, 2.75) is 0 Å². The van der Waals surface area contributed by atoms with Crippen molar-refractivity contribution >= 4 is 17.8 Å². The van der Waals surface area contributed by atoms with E-state index in [9.17, 15) is 4.79 Å². The zero-order valence-electron chi connectivity index (χ0n) is 13.9. The summed E-state index contributed by atoms with van der Waals surface area (Å²) in [6.45, 7) is 4.01. The average Bonchev–Trinajstić information content (AvgIpc) is 2.63. The summed E-state index contributed by atoms with van der Waals surface area (Å²) in [5, 5.41) is 2.77. The lowest BCUT2D eigenvalue weighted by molar-refractivity contribution is 0.0970. The van der Waals surface area contributed by atoms with Gasteiger partial charge in [0.25, 0.3) is 5.91 Å². The van der Waals surface area contributed by atoms with E-state index in [0.29, 0.717) is 5.56 Å². The van der Waals surface area contributed by atoms with Crippen LogP contribution in [0, 0.1) is 0 Å². The molecule has 1 aliphatic heterocycles. The van der Waals surface area contributed by atoms with E-state index in [0.717, 1.165) is 37.6 Å². The van der Waals surface area contributed by atoms with Crippen molar-refractivity contribution in [2.75, 3.05) is 38.1 Å². The van der Waals surface area contributed by atoms with Crippen molar-refractivity contribution in [2.24, 2.45) is 0 Å². The van der Waals surface area contributed by atoms with Crippen LogP contribution in [0.1, 0.15) is 15.9 Å². The fourth-order valence-electron chi connectivity index (χ4n) is 2.60. The number of amides is 1. The monoisotopic (exact) mass is 322 g/mol. The van der Waals surface area contributed by atoms with Crippen molar-refractivity contribution < 1.29 is 4.79 Å². The van der Waals surface area contributed by atoms with Crippen LogP contribution in [-0.2, 0) is 0 Å². The summed E-state index contributed by atoms with van der Waals surface area (Å²) < 4.78 is 0. The standard InChI is InChI=1S/C19H22N4O/c1-22-11-13-23(14-12-22)18-8-7-17(15-21-18)19(24)20-10-9-16-5-3-2-4-6-16/h2-10,15H,11-14H2,1H3,(H,20,24). The third-order valence-corrected chi connectivity index (χ3v) is 4.13. The molecule has 1 aromatic carbocycles. The van der Waals surface area contributed by atoms with Crippen LogP contribution in [0.4, 0.5) is 5.82 Å². The molecular weight excluding hydrogens is 300 g/mol. The van der Waals surface area contributed by atoms with Crippen molar-refractivity contribution in [1.82, 2.24) is 15.2 Å². The highest BCUT2D eigenvalue weighted by Crippen LogP contribution is 2.13. The molecule has 24 heavy (non-hydrogen) atoms. The normalized spacial score (nSPS) is 15.6. The molecule has 5 nitrogen and oxygen atoms in total. The first-order valence-corrected chi connectivity index (χ1v) is 8.14. The van der Waals surface area contributed by atoms with Crippen LogP contribution in [0.15, 0.2) is 54.9 Å². The van der Waals surface area contributed by atoms with Crippen LogP contribution < -0.4 is 10.2 Å². The maximum absolute atomic E-state index is 12.1. The summed E-state index contributed by atoms with van der Waals surface area (Å²) in [4.78, 5) is 21.1. The third-order valence-electron chi connectivity index (χ3n) is 4.13. The van der Waals surface area contributed by atoms with Gasteiger partial charge in [-0.05, 0) is 30.8 Å². The molecule has 0 atom stereocenters. The molecule has 1 N–H and O–H groups in total. The van der Waals surface area contributed by atoms with Crippen molar-refractivity contribution in [3.63, 3.8) is 0 Å². The number of nitrogens with one attached hydrogen (secondary N) is 1. The molecule has 1 aliphatic rings. The maximum Gasteiger partial charge on any atom is 0.256 e. The minimum absolute atomic E-state index is 0.153. The Hall–Kier alpha value is -2.66. The average molecular weight is 322 g/mol. The predicted molar refractivity (Wildman–Crippen MR) is 96.9 cm³/mol. The van der Waals surface area contributed by atoms with Gasteiger partial charge in [0.2, 0.25) is 0 Å². The molecule has 0 saturated carbocycles. The topological polar surface area (TPSA) is 48.5 Å². The Morgan fingerprint density at radius 3 is 2.50 bits per heavy atom. The lowest BCUT2D eigenvalue weighted by Crippen LogP contribution is -2.44. The number of carbonyl (C=O) groups excluding carboxylic acids is 1. The van der Waals surface area contributed by atoms with Gasteiger partial charge in [-0.1, -0.05) is 30.3 Å². The second-order valence-electron chi connectivity index (χ2n) is 5.91. The maximum atomic E-state index is 12.1. The lowest BCUT2D eigenvalue weighted by atomic mass is 10.2. The molecule has 0 unspecified atom stereocenters. The first kappa shape index (κ1) is 16.2. The highest BCUT2D eigenvalue weighted by atomic mass is 16.1. The fraction of sp³-hybridized carbons (Fsp3) is 0.263. The number of benzene rings is 1. The second kappa shape index (κ2) is 7.75. The minimum atomic E-state index is -0.153. The Morgan fingerprint density at radius 2 is 1.83 bits per heavy atom. The molecule has 0 bridgehead atoms. The van der Waals surface area contributed by atoms with Crippen LogP contribution in [0.3, 0.4) is 0 Å². The Bertz CT molecular complexity index is 689. The van der Waals surface area contributed by atoms with Crippen molar-refractivity contribution in [1.29, 1.82) is 0 Å². The molecule has 1 amide bonds. The smallest absolute Gasteiger partial charge is 0.256 e. The number of pyridine rings is 1. The van der Waals surface area contributed by atoms with E-state index in [1.54, 1.807) is 12.4 Å². The van der Waals surface area contributed by atoms with Gasteiger partial charge in [0.15, 0.2) is 0 Å². The van der Waals surface area contributed by atoms with Gasteiger partial charge in [0, 0.05) is 38.6 Å². The van der Waals surface area contributed by atoms with E-state index in [1.807, 2.05) is 48.5 Å². The lowest BCUT2D eigenvalue weighted by Gasteiger charge is -2.33. The van der Waals surface area contributed by atoms with Gasteiger partial charge >= 0.3 is 0 Å². The van der Waals surface area contributed by atoms with E-state index >= 15 is 0 Å². The van der Waals surface area contributed by atoms with Gasteiger partial charge in [-0.2, -0.15) is 0 Å². The Kier molecular flexibility index (Phi) is 5.23. The summed E-state index contributed by atoms with van der Waals surface area (Å²) >= 11 is 0. The molecule has 0 spiro atoms. The number of hydrogen-bond acceptors (Lipinski definition) is 4. The number of anilines is 1. The van der Waals surface area contributed by atoms with E-state index in [2.05, 4.69) is 27.1 Å². The Balaban J connectivity index is 1.57. The molecule has 1 fully saturated rings. The van der Waals surface area contributed by atoms with Crippen LogP contribution in [0.25, 0.3) is 6.08 Å². The third kappa shape index (κ3) is 4.20. The molecule has 5 heteroatoms. The summed E-state index contributed by atoms with van der Waals surface area (Å²) in [5.41, 5.74) is 1.60. The first-order valence-electron chi connectivity index (χ1n) is 8.14. The number of rotatable bonds is 4. The summed E-state index contributed by atoms with van der Waals surface area (Å²) in [6.07, 6.45) is 5.16. The second-order valence-corrected chi connectivity index (χ2v) is 5.91. The van der Waals surface area contributed by atoms with Crippen molar-refractivity contribution in [3.05, 3.63) is 66.0 Å². The summed E-state index contributed by atoms with van der Waals surface area (Å²) in [6, 6.07) is 13.6. The zero-order valence-corrected chi connectivity index (χ0v) is 13.9. The Labute approximate surface area is 142 Å². The van der Waals surface area contributed by atoms with Gasteiger partial charge in [-0.3, -0.25) is 4.79 Å². The fourth-order valence-corrected chi connectivity index (χ4v) is 2.60. The quantitative estimate of drug-likeness (QED) is 0.938. The molecule has 1 aromatic heterocycles. The molecule has 0 radical (unpaired) electrons. The van der Waals surface area contributed by atoms with Gasteiger partial charge in [0.05, 0.1) is 5.56 Å². The summed E-state index contributed by atoms with van der Waals surface area (Å²) in [5.74, 6) is 0.777. The highest BCUT2D eigenvalue weighted by molar-refractivity contribution is 5.95. The molecule has 2 aromatic rings.